The minimum Gasteiger partial charge on any atom is -0.335 e. The normalized spacial score (nSPS) is 15.4. The van der Waals surface area contributed by atoms with E-state index in [-0.39, 0.29) is 17.3 Å². The van der Waals surface area contributed by atoms with Crippen molar-refractivity contribution in [1.29, 1.82) is 0 Å². The van der Waals surface area contributed by atoms with Gasteiger partial charge in [-0.15, -0.1) is 0 Å². The summed E-state index contributed by atoms with van der Waals surface area (Å²) in [5.41, 5.74) is 0.983. The highest BCUT2D eigenvalue weighted by molar-refractivity contribution is 9.10. The number of hydrogen-bond donors (Lipinski definition) is 0. The second-order valence-corrected chi connectivity index (χ2v) is 6.77. The number of carbonyl (C=O) groups is 1. The number of hydrogen-bond acceptors (Lipinski definition) is 5. The Morgan fingerprint density at radius 2 is 1.96 bits per heavy atom. The van der Waals surface area contributed by atoms with Crippen LogP contribution in [0.25, 0.3) is 0 Å². The predicted octanol–water partition coefficient (Wildman–Crippen LogP) is 2.05. The van der Waals surface area contributed by atoms with E-state index < -0.39 is 4.92 Å². The van der Waals surface area contributed by atoms with Gasteiger partial charge in [0.25, 0.3) is 5.91 Å². The number of benzene rings is 1. The van der Waals surface area contributed by atoms with Crippen LogP contribution in [0.5, 0.6) is 0 Å². The zero-order valence-electron chi connectivity index (χ0n) is 13.8. The summed E-state index contributed by atoms with van der Waals surface area (Å²) in [6, 6.07) is 8.06. The van der Waals surface area contributed by atoms with Crippen molar-refractivity contribution in [3.8, 4) is 0 Å². The lowest BCUT2D eigenvalue weighted by molar-refractivity contribution is -0.385. The molecular formula is C16H18BrN5O3. The van der Waals surface area contributed by atoms with Crippen molar-refractivity contribution in [3.05, 3.63) is 56.3 Å². The van der Waals surface area contributed by atoms with E-state index in [0.29, 0.717) is 13.1 Å². The molecule has 1 saturated heterocycles. The van der Waals surface area contributed by atoms with Crippen molar-refractivity contribution in [3.63, 3.8) is 0 Å². The van der Waals surface area contributed by atoms with Gasteiger partial charge in [-0.1, -0.05) is 34.1 Å². The first-order valence-electron chi connectivity index (χ1n) is 7.89. The molecule has 2 heterocycles. The van der Waals surface area contributed by atoms with Crippen LogP contribution in [0.4, 0.5) is 5.69 Å². The Labute approximate surface area is 153 Å². The van der Waals surface area contributed by atoms with Crippen molar-refractivity contribution in [2.24, 2.45) is 7.05 Å². The molecule has 8 nitrogen and oxygen atoms in total. The van der Waals surface area contributed by atoms with E-state index in [0.717, 1.165) is 30.3 Å². The van der Waals surface area contributed by atoms with Gasteiger partial charge in [0.2, 0.25) is 5.69 Å². The number of aromatic nitrogens is 2. The van der Waals surface area contributed by atoms with Gasteiger partial charge in [0.15, 0.2) is 0 Å². The van der Waals surface area contributed by atoms with Crippen LogP contribution in [0.3, 0.4) is 0 Å². The molecule has 0 bridgehead atoms. The summed E-state index contributed by atoms with van der Waals surface area (Å²) in [4.78, 5) is 27.1. The summed E-state index contributed by atoms with van der Waals surface area (Å²) in [5.74, 6) is -0.341. The average Bonchev–Trinajstić information content (AvgIpc) is 2.99. The predicted molar refractivity (Wildman–Crippen MR) is 95.2 cm³/mol. The molecule has 0 unspecified atom stereocenters. The molecule has 0 spiro atoms. The number of nitrogens with zero attached hydrogens (tertiary/aromatic N) is 5. The first kappa shape index (κ1) is 17.6. The minimum absolute atomic E-state index is 0.0317. The van der Waals surface area contributed by atoms with Gasteiger partial charge in [0, 0.05) is 44.2 Å². The van der Waals surface area contributed by atoms with Crippen LogP contribution in [0.2, 0.25) is 0 Å². The monoisotopic (exact) mass is 407 g/mol. The molecule has 1 amide bonds. The number of rotatable bonds is 4. The van der Waals surface area contributed by atoms with Crippen LogP contribution in [-0.2, 0) is 13.6 Å². The maximum atomic E-state index is 12.7. The van der Waals surface area contributed by atoms with Gasteiger partial charge in [-0.2, -0.15) is 5.10 Å². The molecular weight excluding hydrogens is 390 g/mol. The highest BCUT2D eigenvalue weighted by atomic mass is 79.9. The standard InChI is InChI=1S/C16H18BrN5O3/c1-19-15(14(10-18-19)22(24)25)16(23)21-8-6-20(7-9-21)11-12-4-2-3-5-13(12)17/h2-5,10H,6-9,11H2,1H3. The molecule has 3 rings (SSSR count). The summed E-state index contributed by atoms with van der Waals surface area (Å²) < 4.78 is 2.34. The smallest absolute Gasteiger partial charge is 0.320 e. The molecule has 25 heavy (non-hydrogen) atoms. The molecule has 132 valence electrons. The van der Waals surface area contributed by atoms with E-state index in [9.17, 15) is 14.9 Å². The number of nitro groups is 1. The van der Waals surface area contributed by atoms with E-state index >= 15 is 0 Å². The molecule has 0 N–H and O–H groups in total. The maximum Gasteiger partial charge on any atom is 0.320 e. The van der Waals surface area contributed by atoms with Crippen molar-refractivity contribution in [2.75, 3.05) is 26.2 Å². The van der Waals surface area contributed by atoms with E-state index in [1.54, 1.807) is 11.9 Å². The van der Waals surface area contributed by atoms with E-state index in [2.05, 4.69) is 32.0 Å². The van der Waals surface area contributed by atoms with Crippen LogP contribution in [0.15, 0.2) is 34.9 Å². The molecule has 1 aromatic carbocycles. The molecule has 1 aliphatic heterocycles. The second-order valence-electron chi connectivity index (χ2n) is 5.92. The van der Waals surface area contributed by atoms with Crippen molar-refractivity contribution in [1.82, 2.24) is 19.6 Å². The Bertz CT molecular complexity index is 799. The maximum absolute atomic E-state index is 12.7. The van der Waals surface area contributed by atoms with Gasteiger partial charge in [-0.05, 0) is 11.6 Å². The third-order valence-electron chi connectivity index (χ3n) is 4.33. The van der Waals surface area contributed by atoms with Crippen molar-refractivity contribution in [2.45, 2.75) is 6.54 Å². The topological polar surface area (TPSA) is 84.5 Å². The molecule has 0 radical (unpaired) electrons. The van der Waals surface area contributed by atoms with Crippen LogP contribution in [-0.4, -0.2) is 56.6 Å². The van der Waals surface area contributed by atoms with Crippen LogP contribution in [0.1, 0.15) is 16.1 Å². The van der Waals surface area contributed by atoms with Crippen LogP contribution >= 0.6 is 15.9 Å². The van der Waals surface area contributed by atoms with E-state index in [1.807, 2.05) is 18.2 Å². The molecule has 0 saturated carbocycles. The fourth-order valence-electron chi connectivity index (χ4n) is 2.93. The van der Waals surface area contributed by atoms with Gasteiger partial charge < -0.3 is 4.90 Å². The fourth-order valence-corrected chi connectivity index (χ4v) is 3.34. The molecule has 1 aliphatic rings. The average molecular weight is 408 g/mol. The first-order chi connectivity index (χ1) is 12.0. The molecule has 1 aromatic heterocycles. The van der Waals surface area contributed by atoms with Crippen molar-refractivity contribution < 1.29 is 9.72 Å². The lowest BCUT2D eigenvalue weighted by Crippen LogP contribution is -2.48. The molecule has 9 heteroatoms. The van der Waals surface area contributed by atoms with E-state index in [4.69, 9.17) is 0 Å². The number of piperazine rings is 1. The summed E-state index contributed by atoms with van der Waals surface area (Å²) in [6.07, 6.45) is 1.12. The van der Waals surface area contributed by atoms with Gasteiger partial charge in [0.1, 0.15) is 6.20 Å². The quantitative estimate of drug-likeness (QED) is 0.571. The fraction of sp³-hybridized carbons (Fsp3) is 0.375. The number of aryl methyl sites for hydroxylation is 1. The van der Waals surface area contributed by atoms with Gasteiger partial charge in [0.05, 0.1) is 4.92 Å². The summed E-state index contributed by atoms with van der Waals surface area (Å²) in [7, 11) is 1.55. The highest BCUT2D eigenvalue weighted by Gasteiger charge is 2.31. The zero-order chi connectivity index (χ0) is 18.0. The summed E-state index contributed by atoms with van der Waals surface area (Å²) in [5, 5.41) is 14.9. The lowest BCUT2D eigenvalue weighted by atomic mass is 10.2. The third kappa shape index (κ3) is 3.72. The zero-order valence-corrected chi connectivity index (χ0v) is 15.3. The number of amides is 1. The SMILES string of the molecule is Cn1ncc([N+](=O)[O-])c1C(=O)N1CCN(Cc2ccccc2Br)CC1. The number of halogens is 1. The van der Waals surface area contributed by atoms with Gasteiger partial charge >= 0.3 is 5.69 Å². The Morgan fingerprint density at radius 3 is 2.60 bits per heavy atom. The molecule has 1 fully saturated rings. The molecule has 0 atom stereocenters. The van der Waals surface area contributed by atoms with Gasteiger partial charge in [-0.25, -0.2) is 0 Å². The number of carbonyl (C=O) groups excluding carboxylic acids is 1. The largest absolute Gasteiger partial charge is 0.335 e. The highest BCUT2D eigenvalue weighted by Crippen LogP contribution is 2.21. The molecule has 0 aliphatic carbocycles. The second kappa shape index (κ2) is 7.32. The Hall–Kier alpha value is -2.26. The Morgan fingerprint density at radius 1 is 1.28 bits per heavy atom. The molecule has 2 aromatic rings. The Kier molecular flexibility index (Phi) is 5.14. The van der Waals surface area contributed by atoms with E-state index in [1.165, 1.54) is 10.2 Å². The van der Waals surface area contributed by atoms with Crippen LogP contribution < -0.4 is 0 Å². The summed E-state index contributed by atoms with van der Waals surface area (Å²) in [6.45, 7) is 3.31. The first-order valence-corrected chi connectivity index (χ1v) is 8.68. The minimum atomic E-state index is -0.566. The van der Waals surface area contributed by atoms with Crippen LogP contribution in [0, 0.1) is 10.1 Å². The lowest BCUT2D eigenvalue weighted by Gasteiger charge is -2.34. The summed E-state index contributed by atoms with van der Waals surface area (Å²) >= 11 is 3.55. The van der Waals surface area contributed by atoms with Crippen molar-refractivity contribution >= 4 is 27.5 Å². The van der Waals surface area contributed by atoms with Gasteiger partial charge in [-0.3, -0.25) is 24.5 Å². The third-order valence-corrected chi connectivity index (χ3v) is 5.10. The Balaban J connectivity index is 1.65.